The van der Waals surface area contributed by atoms with Gasteiger partial charge < -0.3 is 10.2 Å². The standard InChI is InChI=1S/C16H24N2O/c1-4-17-14-8-9-15(12(2)11-14)16(19)18-10-6-5-7-13(18)3/h8-9,11,13,17H,4-7,10H2,1-3H3. The van der Waals surface area contributed by atoms with Gasteiger partial charge in [-0.25, -0.2) is 0 Å². The van der Waals surface area contributed by atoms with Gasteiger partial charge in [0.1, 0.15) is 0 Å². The number of piperidine rings is 1. The van der Waals surface area contributed by atoms with Crippen LogP contribution in [0.4, 0.5) is 5.69 Å². The molecule has 1 atom stereocenters. The molecule has 1 saturated heterocycles. The van der Waals surface area contributed by atoms with Crippen molar-refractivity contribution in [3.05, 3.63) is 29.3 Å². The number of rotatable bonds is 3. The van der Waals surface area contributed by atoms with Crippen molar-refractivity contribution in [1.82, 2.24) is 4.90 Å². The summed E-state index contributed by atoms with van der Waals surface area (Å²) < 4.78 is 0. The molecule has 0 saturated carbocycles. The molecule has 3 nitrogen and oxygen atoms in total. The SMILES string of the molecule is CCNc1ccc(C(=O)N2CCCCC2C)c(C)c1. The summed E-state index contributed by atoms with van der Waals surface area (Å²) in [5.74, 6) is 0.188. The van der Waals surface area contributed by atoms with Crippen molar-refractivity contribution < 1.29 is 4.79 Å². The van der Waals surface area contributed by atoms with Crippen molar-refractivity contribution in [2.75, 3.05) is 18.4 Å². The lowest BCUT2D eigenvalue weighted by Gasteiger charge is -2.33. The Hall–Kier alpha value is -1.51. The van der Waals surface area contributed by atoms with Crippen LogP contribution in [-0.4, -0.2) is 29.9 Å². The third-order valence-corrected chi connectivity index (χ3v) is 3.90. The molecule has 1 heterocycles. The summed E-state index contributed by atoms with van der Waals surface area (Å²) >= 11 is 0. The molecule has 1 aliphatic heterocycles. The van der Waals surface area contributed by atoms with Gasteiger partial charge in [-0.05, 0) is 63.8 Å². The molecule has 1 aromatic rings. The van der Waals surface area contributed by atoms with E-state index in [1.165, 1.54) is 6.42 Å². The molecule has 19 heavy (non-hydrogen) atoms. The van der Waals surface area contributed by atoms with Gasteiger partial charge in [0.25, 0.3) is 5.91 Å². The van der Waals surface area contributed by atoms with E-state index >= 15 is 0 Å². The predicted molar refractivity (Wildman–Crippen MR) is 79.7 cm³/mol. The molecule has 1 unspecified atom stereocenters. The minimum Gasteiger partial charge on any atom is -0.385 e. The van der Waals surface area contributed by atoms with Crippen LogP contribution in [0.2, 0.25) is 0 Å². The van der Waals surface area contributed by atoms with Crippen molar-refractivity contribution in [2.24, 2.45) is 0 Å². The number of benzene rings is 1. The van der Waals surface area contributed by atoms with Gasteiger partial charge in [0.15, 0.2) is 0 Å². The molecule has 0 aliphatic carbocycles. The first kappa shape index (κ1) is 13.9. The van der Waals surface area contributed by atoms with Crippen molar-refractivity contribution >= 4 is 11.6 Å². The minimum absolute atomic E-state index is 0.188. The lowest BCUT2D eigenvalue weighted by molar-refractivity contribution is 0.0635. The summed E-state index contributed by atoms with van der Waals surface area (Å²) in [4.78, 5) is 14.6. The van der Waals surface area contributed by atoms with E-state index in [2.05, 4.69) is 25.2 Å². The first-order chi connectivity index (χ1) is 9.13. The summed E-state index contributed by atoms with van der Waals surface area (Å²) in [6.45, 7) is 8.04. The Morgan fingerprint density at radius 1 is 1.42 bits per heavy atom. The summed E-state index contributed by atoms with van der Waals surface area (Å²) in [6, 6.07) is 6.38. The van der Waals surface area contributed by atoms with E-state index in [0.717, 1.165) is 42.7 Å². The van der Waals surface area contributed by atoms with Crippen molar-refractivity contribution in [1.29, 1.82) is 0 Å². The number of nitrogens with one attached hydrogen (secondary N) is 1. The zero-order valence-corrected chi connectivity index (χ0v) is 12.2. The van der Waals surface area contributed by atoms with Crippen LogP contribution in [0.15, 0.2) is 18.2 Å². The van der Waals surface area contributed by atoms with E-state index in [4.69, 9.17) is 0 Å². The average molecular weight is 260 g/mol. The maximum Gasteiger partial charge on any atom is 0.254 e. The summed E-state index contributed by atoms with van der Waals surface area (Å²) in [7, 11) is 0. The van der Waals surface area contributed by atoms with Crippen LogP contribution >= 0.6 is 0 Å². The number of carbonyl (C=O) groups excluding carboxylic acids is 1. The molecule has 2 rings (SSSR count). The van der Waals surface area contributed by atoms with E-state index in [1.54, 1.807) is 0 Å². The number of aryl methyl sites for hydroxylation is 1. The Morgan fingerprint density at radius 3 is 2.84 bits per heavy atom. The largest absolute Gasteiger partial charge is 0.385 e. The van der Waals surface area contributed by atoms with Crippen LogP contribution in [-0.2, 0) is 0 Å². The highest BCUT2D eigenvalue weighted by Crippen LogP contribution is 2.22. The minimum atomic E-state index is 0.188. The molecule has 104 valence electrons. The van der Waals surface area contributed by atoms with Gasteiger partial charge in [-0.2, -0.15) is 0 Å². The lowest BCUT2D eigenvalue weighted by atomic mass is 10.0. The molecule has 1 N–H and O–H groups in total. The Balaban J connectivity index is 2.18. The average Bonchev–Trinajstić information content (AvgIpc) is 2.39. The van der Waals surface area contributed by atoms with Gasteiger partial charge in [0.05, 0.1) is 0 Å². The third kappa shape index (κ3) is 3.09. The van der Waals surface area contributed by atoms with Crippen molar-refractivity contribution in [3.63, 3.8) is 0 Å². The highest BCUT2D eigenvalue weighted by molar-refractivity contribution is 5.96. The van der Waals surface area contributed by atoms with Gasteiger partial charge in [0.2, 0.25) is 0 Å². The second-order valence-electron chi connectivity index (χ2n) is 5.40. The molecule has 0 aromatic heterocycles. The highest BCUT2D eigenvalue weighted by Gasteiger charge is 2.25. The van der Waals surface area contributed by atoms with Gasteiger partial charge in [-0.1, -0.05) is 0 Å². The van der Waals surface area contributed by atoms with Crippen LogP contribution < -0.4 is 5.32 Å². The monoisotopic (exact) mass is 260 g/mol. The molecular weight excluding hydrogens is 236 g/mol. The quantitative estimate of drug-likeness (QED) is 0.903. The van der Waals surface area contributed by atoms with Crippen LogP contribution in [0.25, 0.3) is 0 Å². The topological polar surface area (TPSA) is 32.3 Å². The number of nitrogens with zero attached hydrogens (tertiary/aromatic N) is 1. The van der Waals surface area contributed by atoms with E-state index in [-0.39, 0.29) is 5.91 Å². The second kappa shape index (κ2) is 6.09. The number of hydrogen-bond donors (Lipinski definition) is 1. The first-order valence-electron chi connectivity index (χ1n) is 7.29. The normalized spacial score (nSPS) is 19.3. The zero-order chi connectivity index (χ0) is 13.8. The third-order valence-electron chi connectivity index (χ3n) is 3.90. The molecule has 1 aromatic carbocycles. The van der Waals surface area contributed by atoms with Gasteiger partial charge in [-0.15, -0.1) is 0 Å². The molecular formula is C16H24N2O. The fraction of sp³-hybridized carbons (Fsp3) is 0.562. The summed E-state index contributed by atoms with van der Waals surface area (Å²) in [5, 5.41) is 3.28. The van der Waals surface area contributed by atoms with Gasteiger partial charge in [-0.3, -0.25) is 4.79 Å². The van der Waals surface area contributed by atoms with Crippen molar-refractivity contribution in [3.8, 4) is 0 Å². The van der Waals surface area contributed by atoms with Crippen LogP contribution in [0.3, 0.4) is 0 Å². The number of likely N-dealkylation sites (tertiary alicyclic amines) is 1. The Morgan fingerprint density at radius 2 is 2.21 bits per heavy atom. The summed E-state index contributed by atoms with van der Waals surface area (Å²) in [5.41, 5.74) is 2.99. The zero-order valence-electron chi connectivity index (χ0n) is 12.2. The Bertz CT molecular complexity index is 456. The van der Waals surface area contributed by atoms with Gasteiger partial charge >= 0.3 is 0 Å². The number of carbonyl (C=O) groups is 1. The molecule has 0 radical (unpaired) electrons. The molecule has 1 amide bonds. The van der Waals surface area contributed by atoms with Gasteiger partial charge in [0, 0.05) is 30.4 Å². The molecule has 0 bridgehead atoms. The second-order valence-corrected chi connectivity index (χ2v) is 5.40. The molecule has 3 heteroatoms. The van der Waals surface area contributed by atoms with E-state index in [9.17, 15) is 4.79 Å². The first-order valence-corrected chi connectivity index (χ1v) is 7.29. The van der Waals surface area contributed by atoms with Crippen LogP contribution in [0, 0.1) is 6.92 Å². The van der Waals surface area contributed by atoms with E-state index in [0.29, 0.717) is 6.04 Å². The maximum absolute atomic E-state index is 12.6. The highest BCUT2D eigenvalue weighted by atomic mass is 16.2. The molecule has 1 aliphatic rings. The number of hydrogen-bond acceptors (Lipinski definition) is 2. The fourth-order valence-electron chi connectivity index (χ4n) is 2.77. The van der Waals surface area contributed by atoms with Crippen LogP contribution in [0.5, 0.6) is 0 Å². The molecule has 0 spiro atoms. The van der Waals surface area contributed by atoms with E-state index in [1.807, 2.05) is 24.0 Å². The van der Waals surface area contributed by atoms with E-state index < -0.39 is 0 Å². The number of amides is 1. The number of anilines is 1. The molecule has 1 fully saturated rings. The lowest BCUT2D eigenvalue weighted by Crippen LogP contribution is -2.42. The smallest absolute Gasteiger partial charge is 0.254 e. The Labute approximate surface area is 116 Å². The predicted octanol–water partition coefficient (Wildman–Crippen LogP) is 3.44. The van der Waals surface area contributed by atoms with Crippen molar-refractivity contribution in [2.45, 2.75) is 46.1 Å². The summed E-state index contributed by atoms with van der Waals surface area (Å²) in [6.07, 6.45) is 3.49. The Kier molecular flexibility index (Phi) is 4.46. The maximum atomic E-state index is 12.6. The fourth-order valence-corrected chi connectivity index (χ4v) is 2.77. The van der Waals surface area contributed by atoms with Crippen LogP contribution in [0.1, 0.15) is 49.0 Å².